The zero-order chi connectivity index (χ0) is 13.0. The fourth-order valence-electron chi connectivity index (χ4n) is 2.35. The molecule has 0 aliphatic heterocycles. The van der Waals surface area contributed by atoms with Crippen molar-refractivity contribution in [2.24, 2.45) is 0 Å². The summed E-state index contributed by atoms with van der Waals surface area (Å²) in [5.74, 6) is 0. The maximum atomic E-state index is 5.72. The van der Waals surface area contributed by atoms with E-state index in [1.54, 1.807) is 5.54 Å². The predicted molar refractivity (Wildman–Crippen MR) is 79.4 cm³/mol. The maximum Gasteiger partial charge on any atom is 0.0985 e. The predicted octanol–water partition coefficient (Wildman–Crippen LogP) is 4.96. The van der Waals surface area contributed by atoms with Gasteiger partial charge in [-0.3, -0.25) is 0 Å². The average molecular weight is 261 g/mol. The highest BCUT2D eigenvalue weighted by Crippen LogP contribution is 2.15. The van der Waals surface area contributed by atoms with E-state index < -0.39 is 0 Å². The van der Waals surface area contributed by atoms with E-state index in [0.717, 1.165) is 6.54 Å². The largest absolute Gasteiger partial charge is 0.320 e. The van der Waals surface area contributed by atoms with E-state index in [4.69, 9.17) is 11.6 Å². The van der Waals surface area contributed by atoms with E-state index >= 15 is 0 Å². The Morgan fingerprint density at radius 1 is 0.824 bits per heavy atom. The van der Waals surface area contributed by atoms with Crippen LogP contribution in [-0.4, -0.2) is 30.7 Å². The van der Waals surface area contributed by atoms with Crippen molar-refractivity contribution in [3.05, 3.63) is 11.6 Å². The van der Waals surface area contributed by atoms with Gasteiger partial charge in [-0.1, -0.05) is 51.6 Å². The number of halogens is 1. The fraction of sp³-hybridized carbons (Fsp3) is 0.867. The van der Waals surface area contributed by atoms with Crippen LogP contribution in [-0.2, 0) is 0 Å². The highest BCUT2D eigenvalue weighted by atomic mass is 35.5. The van der Waals surface area contributed by atoms with Gasteiger partial charge in [-0.05, 0) is 25.3 Å². The van der Waals surface area contributed by atoms with Crippen molar-refractivity contribution in [1.82, 2.24) is 0 Å². The molecule has 0 atom stereocenters. The van der Waals surface area contributed by atoms with Crippen molar-refractivity contribution in [3.8, 4) is 0 Å². The second kappa shape index (κ2) is 11.1. The van der Waals surface area contributed by atoms with Crippen LogP contribution in [0.1, 0.15) is 59.3 Å². The molecule has 17 heavy (non-hydrogen) atoms. The van der Waals surface area contributed by atoms with Crippen LogP contribution in [0, 0.1) is 0 Å². The second-order valence-electron chi connectivity index (χ2n) is 5.12. The molecule has 0 amide bonds. The van der Waals surface area contributed by atoms with Crippen molar-refractivity contribution in [1.29, 1.82) is 0 Å². The normalized spacial score (nSPS) is 12.5. The molecule has 0 bridgehead atoms. The van der Waals surface area contributed by atoms with Crippen LogP contribution in [0.3, 0.4) is 0 Å². The third kappa shape index (κ3) is 7.83. The summed E-state index contributed by atoms with van der Waals surface area (Å²) in [5, 5.41) is 0. The van der Waals surface area contributed by atoms with Crippen LogP contribution < -0.4 is 0 Å². The minimum absolute atomic E-state index is 1.11. The highest BCUT2D eigenvalue weighted by molar-refractivity contribution is 6.25. The van der Waals surface area contributed by atoms with Gasteiger partial charge in [0.2, 0.25) is 0 Å². The Bertz CT molecular complexity index is 168. The minimum Gasteiger partial charge on any atom is -0.320 e. The highest BCUT2D eigenvalue weighted by Gasteiger charge is 2.23. The summed E-state index contributed by atoms with van der Waals surface area (Å²) in [6.45, 7) is 11.9. The number of unbranched alkanes of at least 4 members (excludes halogenated alkanes) is 3. The van der Waals surface area contributed by atoms with Crippen molar-refractivity contribution in [3.63, 3.8) is 0 Å². The summed E-state index contributed by atoms with van der Waals surface area (Å²) in [5.41, 5.74) is 1.69. The van der Waals surface area contributed by atoms with Gasteiger partial charge in [0.05, 0.1) is 26.2 Å². The van der Waals surface area contributed by atoms with Gasteiger partial charge in [-0.2, -0.15) is 0 Å². The second-order valence-corrected chi connectivity index (χ2v) is 5.37. The third-order valence-corrected chi connectivity index (χ3v) is 3.72. The molecule has 0 aliphatic rings. The number of hydrogen-bond donors (Lipinski definition) is 0. The summed E-state index contributed by atoms with van der Waals surface area (Å²) in [7, 11) is 0. The lowest BCUT2D eigenvalue weighted by atomic mass is 10.1. The van der Waals surface area contributed by atoms with Crippen molar-refractivity contribution in [2.75, 3.05) is 26.2 Å². The van der Waals surface area contributed by atoms with E-state index in [9.17, 15) is 0 Å². The van der Waals surface area contributed by atoms with Gasteiger partial charge >= 0.3 is 0 Å². The molecule has 0 aromatic heterocycles. The van der Waals surface area contributed by atoms with Crippen molar-refractivity contribution in [2.45, 2.75) is 59.3 Å². The molecule has 0 spiro atoms. The molecule has 0 aliphatic carbocycles. The van der Waals surface area contributed by atoms with Crippen LogP contribution >= 0.6 is 11.6 Å². The van der Waals surface area contributed by atoms with Crippen molar-refractivity contribution < 1.29 is 4.48 Å². The first kappa shape index (κ1) is 17.0. The smallest absolute Gasteiger partial charge is 0.0985 e. The molecule has 0 rings (SSSR count). The lowest BCUT2D eigenvalue weighted by Gasteiger charge is -2.38. The Balaban J connectivity index is 4.50. The molecule has 0 fully saturated rings. The summed E-state index contributed by atoms with van der Waals surface area (Å²) in [4.78, 5) is 0. The lowest BCUT2D eigenvalue weighted by Crippen LogP contribution is -2.50. The minimum atomic E-state index is 1.11. The summed E-state index contributed by atoms with van der Waals surface area (Å²) < 4.78 is 1.25. The Kier molecular flexibility index (Phi) is 11.1. The third-order valence-electron chi connectivity index (χ3n) is 3.54. The van der Waals surface area contributed by atoms with Crippen LogP contribution in [0.25, 0.3) is 0 Å². The molecule has 0 radical (unpaired) electrons. The number of hydrogen-bond acceptors (Lipinski definition) is 0. The van der Waals surface area contributed by atoms with Gasteiger partial charge in [0.1, 0.15) is 0 Å². The zero-order valence-corrected chi connectivity index (χ0v) is 12.8. The Labute approximate surface area is 113 Å². The van der Waals surface area contributed by atoms with Crippen LogP contribution in [0.5, 0.6) is 0 Å². The Morgan fingerprint density at radius 2 is 1.24 bits per heavy atom. The van der Waals surface area contributed by atoms with E-state index in [1.165, 1.54) is 62.6 Å². The molecule has 0 saturated heterocycles. The molecule has 0 aromatic rings. The van der Waals surface area contributed by atoms with E-state index in [-0.39, 0.29) is 0 Å². The summed E-state index contributed by atoms with van der Waals surface area (Å²) >= 11 is 5.72. The number of quaternary nitrogens is 1. The first-order valence-corrected chi connectivity index (χ1v) is 7.78. The van der Waals surface area contributed by atoms with Crippen LogP contribution in [0.4, 0.5) is 0 Å². The molecular weight excluding hydrogens is 230 g/mol. The molecule has 0 heterocycles. The molecule has 0 unspecified atom stereocenters. The topological polar surface area (TPSA) is 0 Å². The quantitative estimate of drug-likeness (QED) is 0.461. The maximum absolute atomic E-state index is 5.72. The van der Waals surface area contributed by atoms with E-state index in [0.29, 0.717) is 0 Å². The molecule has 2 heteroatoms. The van der Waals surface area contributed by atoms with Gasteiger partial charge in [0.15, 0.2) is 0 Å². The van der Waals surface area contributed by atoms with Gasteiger partial charge in [0.25, 0.3) is 0 Å². The average Bonchev–Trinajstić information content (AvgIpc) is 2.37. The van der Waals surface area contributed by atoms with Gasteiger partial charge in [-0.15, -0.1) is 0 Å². The molecule has 102 valence electrons. The molecular formula is C15H31ClN+. The Hall–Kier alpha value is -0.0100. The number of nitrogens with zero attached hydrogens (tertiary/aromatic N) is 1. The van der Waals surface area contributed by atoms with E-state index in [1.807, 2.05) is 0 Å². The molecule has 1 nitrogen and oxygen atoms in total. The van der Waals surface area contributed by atoms with Gasteiger partial charge < -0.3 is 4.48 Å². The zero-order valence-electron chi connectivity index (χ0n) is 12.1. The van der Waals surface area contributed by atoms with Crippen molar-refractivity contribution >= 4 is 11.6 Å². The Morgan fingerprint density at radius 3 is 1.53 bits per heavy atom. The van der Waals surface area contributed by atoms with Crippen LogP contribution in [0.2, 0.25) is 0 Å². The van der Waals surface area contributed by atoms with Crippen LogP contribution in [0.15, 0.2) is 11.6 Å². The van der Waals surface area contributed by atoms with E-state index in [2.05, 4.69) is 26.8 Å². The van der Waals surface area contributed by atoms with Gasteiger partial charge in [-0.25, -0.2) is 0 Å². The lowest BCUT2D eigenvalue weighted by molar-refractivity contribution is -0.923. The first-order chi connectivity index (χ1) is 8.24. The molecule has 0 aromatic carbocycles. The summed E-state index contributed by atoms with van der Waals surface area (Å²) in [6, 6.07) is 0. The molecule has 0 saturated carbocycles. The monoisotopic (exact) mass is 260 g/mol. The fourth-order valence-corrected chi connectivity index (χ4v) is 2.43. The first-order valence-electron chi connectivity index (χ1n) is 7.35. The number of rotatable bonds is 11. The SMILES string of the molecule is CCCC[N+](C/C=C/Cl)(CCCC)CCCC. The molecule has 0 N–H and O–H groups in total. The summed E-state index contributed by atoms with van der Waals surface area (Å²) in [6.07, 6.45) is 10.0. The van der Waals surface area contributed by atoms with Gasteiger partial charge in [0, 0.05) is 5.54 Å². The standard InChI is InChI=1S/C15H31ClN/c1-4-7-12-17(13-8-5-2,14-9-6-3)15-10-11-16/h10-11H,4-9,12-15H2,1-3H3/q+1/b11-10+.